The average molecular weight is 416 g/mol. The molecule has 0 spiro atoms. The highest BCUT2D eigenvalue weighted by atomic mass is 16.5. The van der Waals surface area contributed by atoms with Crippen molar-refractivity contribution in [3.05, 3.63) is 92.8 Å². The summed E-state index contributed by atoms with van der Waals surface area (Å²) in [5.41, 5.74) is 1.55. The molecule has 2 aromatic heterocycles. The first-order valence-corrected chi connectivity index (χ1v) is 9.53. The predicted octanol–water partition coefficient (Wildman–Crippen LogP) is 2.65. The van der Waals surface area contributed by atoms with Gasteiger partial charge in [-0.05, 0) is 49.4 Å². The summed E-state index contributed by atoms with van der Waals surface area (Å²) < 4.78 is 7.49. The maximum atomic E-state index is 12.8. The molecule has 0 atom stereocenters. The van der Waals surface area contributed by atoms with Gasteiger partial charge in [0.05, 0.1) is 23.7 Å². The van der Waals surface area contributed by atoms with Crippen LogP contribution in [0.1, 0.15) is 15.9 Å². The van der Waals surface area contributed by atoms with Crippen LogP contribution in [0.4, 0.5) is 5.69 Å². The van der Waals surface area contributed by atoms with Crippen molar-refractivity contribution in [2.75, 3.05) is 12.4 Å². The fraction of sp³-hybridized carbons (Fsp3) is 0.130. The number of ether oxygens (including phenoxy) is 1. The molecule has 2 aromatic carbocycles. The number of amides is 1. The van der Waals surface area contributed by atoms with Crippen LogP contribution in [0.5, 0.6) is 5.75 Å². The number of hydrogen-bond donors (Lipinski definition) is 1. The predicted molar refractivity (Wildman–Crippen MR) is 118 cm³/mol. The van der Waals surface area contributed by atoms with Crippen LogP contribution in [0.25, 0.3) is 16.7 Å². The van der Waals surface area contributed by atoms with Crippen LogP contribution >= 0.6 is 0 Å². The molecule has 2 heterocycles. The Bertz CT molecular complexity index is 1400. The molecule has 0 bridgehead atoms. The van der Waals surface area contributed by atoms with Crippen LogP contribution in [-0.2, 0) is 7.05 Å². The fourth-order valence-electron chi connectivity index (χ4n) is 3.23. The van der Waals surface area contributed by atoms with Gasteiger partial charge >= 0.3 is 5.69 Å². The van der Waals surface area contributed by atoms with E-state index < -0.39 is 17.2 Å². The highest BCUT2D eigenvalue weighted by molar-refractivity contribution is 6.05. The molecule has 8 heteroatoms. The van der Waals surface area contributed by atoms with Crippen molar-refractivity contribution >= 4 is 22.6 Å². The van der Waals surface area contributed by atoms with Gasteiger partial charge in [0.15, 0.2) is 5.65 Å². The zero-order valence-electron chi connectivity index (χ0n) is 17.2. The van der Waals surface area contributed by atoms with E-state index in [9.17, 15) is 14.4 Å². The third kappa shape index (κ3) is 3.71. The molecule has 4 aromatic rings. The number of carbonyl (C=O) groups excluding carboxylic acids is 1. The molecule has 0 aliphatic rings. The Kier molecular flexibility index (Phi) is 5.12. The van der Waals surface area contributed by atoms with Gasteiger partial charge < -0.3 is 10.1 Å². The minimum Gasteiger partial charge on any atom is -0.497 e. The summed E-state index contributed by atoms with van der Waals surface area (Å²) in [7, 11) is 2.94. The second-order valence-corrected chi connectivity index (χ2v) is 7.10. The molecule has 0 aliphatic heterocycles. The van der Waals surface area contributed by atoms with Crippen molar-refractivity contribution in [3.63, 3.8) is 0 Å². The van der Waals surface area contributed by atoms with E-state index in [0.29, 0.717) is 17.1 Å². The van der Waals surface area contributed by atoms with Crippen LogP contribution < -0.4 is 21.3 Å². The number of aromatic nitrogens is 3. The first kappa shape index (κ1) is 20.1. The number of benzene rings is 2. The summed E-state index contributed by atoms with van der Waals surface area (Å²) in [6, 6.07) is 15.6. The van der Waals surface area contributed by atoms with E-state index in [0.717, 1.165) is 10.1 Å². The summed E-state index contributed by atoms with van der Waals surface area (Å²) >= 11 is 0. The molecule has 8 nitrogen and oxygen atoms in total. The summed E-state index contributed by atoms with van der Waals surface area (Å²) in [5.74, 6) is 0.233. The standard InChI is InChI=1S/C23H20N4O4/c1-14-4-6-16(7-5-14)25-21(28)15-12-19-20(24-13-15)27(23(30)26(2)22(19)29)17-8-10-18(31-3)11-9-17/h4-13H,1-3H3,(H,25,28). The first-order valence-electron chi connectivity index (χ1n) is 9.53. The number of carbonyl (C=O) groups is 1. The number of methoxy groups -OCH3 is 1. The highest BCUT2D eigenvalue weighted by Gasteiger charge is 2.16. The van der Waals surface area contributed by atoms with Gasteiger partial charge in [0.25, 0.3) is 11.5 Å². The topological polar surface area (TPSA) is 95.2 Å². The zero-order valence-corrected chi connectivity index (χ0v) is 17.2. The zero-order chi connectivity index (χ0) is 22.1. The van der Waals surface area contributed by atoms with Crippen LogP contribution in [0, 0.1) is 6.92 Å². The minimum atomic E-state index is -0.535. The third-order valence-electron chi connectivity index (χ3n) is 4.99. The van der Waals surface area contributed by atoms with E-state index in [1.165, 1.54) is 23.9 Å². The highest BCUT2D eigenvalue weighted by Crippen LogP contribution is 2.18. The lowest BCUT2D eigenvalue weighted by Gasteiger charge is -2.13. The van der Waals surface area contributed by atoms with Gasteiger partial charge in [-0.25, -0.2) is 14.3 Å². The number of fused-ring (bicyclic) bond motifs is 1. The SMILES string of the molecule is COc1ccc(-n2c(=O)n(C)c(=O)c3cc(C(=O)Nc4ccc(C)cc4)cnc32)cc1. The van der Waals surface area contributed by atoms with E-state index >= 15 is 0 Å². The normalized spacial score (nSPS) is 10.8. The summed E-state index contributed by atoms with van der Waals surface area (Å²) in [5, 5.41) is 2.95. The third-order valence-corrected chi connectivity index (χ3v) is 4.99. The van der Waals surface area contributed by atoms with Crippen molar-refractivity contribution < 1.29 is 9.53 Å². The maximum absolute atomic E-state index is 12.8. The molecule has 0 saturated carbocycles. The van der Waals surface area contributed by atoms with E-state index in [-0.39, 0.29) is 16.6 Å². The maximum Gasteiger partial charge on any atom is 0.337 e. The smallest absolute Gasteiger partial charge is 0.337 e. The van der Waals surface area contributed by atoms with Crippen molar-refractivity contribution in [1.82, 2.24) is 14.1 Å². The largest absolute Gasteiger partial charge is 0.497 e. The molecule has 0 unspecified atom stereocenters. The number of nitrogens with zero attached hydrogens (tertiary/aromatic N) is 3. The van der Waals surface area contributed by atoms with E-state index in [1.807, 2.05) is 19.1 Å². The molecule has 156 valence electrons. The lowest BCUT2D eigenvalue weighted by atomic mass is 10.2. The van der Waals surface area contributed by atoms with Crippen LogP contribution in [0.2, 0.25) is 0 Å². The van der Waals surface area contributed by atoms with E-state index in [4.69, 9.17) is 4.74 Å². The van der Waals surface area contributed by atoms with Crippen molar-refractivity contribution in [1.29, 1.82) is 0 Å². The van der Waals surface area contributed by atoms with Crippen LogP contribution in [-0.4, -0.2) is 27.1 Å². The molecular formula is C23H20N4O4. The average Bonchev–Trinajstić information content (AvgIpc) is 2.79. The quantitative estimate of drug-likeness (QED) is 0.552. The van der Waals surface area contributed by atoms with Gasteiger partial charge in [0, 0.05) is 18.9 Å². The Hall–Kier alpha value is -4.20. The number of rotatable bonds is 4. The number of aryl methyl sites for hydroxylation is 1. The fourth-order valence-corrected chi connectivity index (χ4v) is 3.23. The molecular weight excluding hydrogens is 396 g/mol. The molecule has 0 radical (unpaired) electrons. The van der Waals surface area contributed by atoms with Gasteiger partial charge in [-0.15, -0.1) is 0 Å². The Morgan fingerprint density at radius 3 is 2.35 bits per heavy atom. The van der Waals surface area contributed by atoms with Crippen molar-refractivity contribution in [3.8, 4) is 11.4 Å². The lowest BCUT2D eigenvalue weighted by molar-refractivity contribution is 0.102. The van der Waals surface area contributed by atoms with Crippen LogP contribution in [0.3, 0.4) is 0 Å². The summed E-state index contributed by atoms with van der Waals surface area (Å²) in [6.45, 7) is 1.96. The van der Waals surface area contributed by atoms with Gasteiger partial charge in [-0.2, -0.15) is 0 Å². The summed E-state index contributed by atoms with van der Waals surface area (Å²) in [4.78, 5) is 42.6. The van der Waals surface area contributed by atoms with Gasteiger partial charge in [-0.1, -0.05) is 17.7 Å². The van der Waals surface area contributed by atoms with Gasteiger partial charge in [0.1, 0.15) is 5.75 Å². The lowest BCUT2D eigenvalue weighted by Crippen LogP contribution is -2.38. The van der Waals surface area contributed by atoms with E-state index in [2.05, 4.69) is 10.3 Å². The van der Waals surface area contributed by atoms with E-state index in [1.54, 1.807) is 43.5 Å². The molecule has 1 amide bonds. The first-order chi connectivity index (χ1) is 14.9. The Morgan fingerprint density at radius 1 is 1.03 bits per heavy atom. The minimum absolute atomic E-state index is 0.162. The molecule has 4 rings (SSSR count). The Morgan fingerprint density at radius 2 is 1.71 bits per heavy atom. The van der Waals surface area contributed by atoms with Crippen LogP contribution in [0.15, 0.2) is 70.4 Å². The van der Waals surface area contributed by atoms with Crippen molar-refractivity contribution in [2.24, 2.45) is 7.05 Å². The van der Waals surface area contributed by atoms with Crippen molar-refractivity contribution in [2.45, 2.75) is 6.92 Å². The van der Waals surface area contributed by atoms with Gasteiger partial charge in [0.2, 0.25) is 0 Å². The summed E-state index contributed by atoms with van der Waals surface area (Å²) in [6.07, 6.45) is 1.35. The second-order valence-electron chi connectivity index (χ2n) is 7.10. The molecule has 31 heavy (non-hydrogen) atoms. The molecule has 0 fully saturated rings. The second kappa shape index (κ2) is 7.91. The Balaban J connectivity index is 1.82. The number of nitrogens with one attached hydrogen (secondary N) is 1. The molecule has 0 saturated heterocycles. The Labute approximate surface area is 177 Å². The molecule has 0 aliphatic carbocycles. The number of anilines is 1. The molecule has 1 N–H and O–H groups in total. The number of hydrogen-bond acceptors (Lipinski definition) is 5. The van der Waals surface area contributed by atoms with Gasteiger partial charge in [-0.3, -0.25) is 14.2 Å². The monoisotopic (exact) mass is 416 g/mol. The number of pyridine rings is 1.